The van der Waals surface area contributed by atoms with Crippen molar-refractivity contribution >= 4 is 38.3 Å². The Kier molecular flexibility index (Phi) is 6.79. The zero-order valence-corrected chi connectivity index (χ0v) is 17.3. The maximum atomic E-state index is 12.3. The molecule has 0 radical (unpaired) electrons. The number of benzene rings is 1. The van der Waals surface area contributed by atoms with Gasteiger partial charge in [0.25, 0.3) is 11.8 Å². The Morgan fingerprint density at radius 1 is 1.17 bits per heavy atom. The van der Waals surface area contributed by atoms with Gasteiger partial charge in [0, 0.05) is 18.5 Å². The fourth-order valence-corrected chi connectivity index (χ4v) is 4.60. The van der Waals surface area contributed by atoms with Crippen molar-refractivity contribution in [3.8, 4) is 0 Å². The van der Waals surface area contributed by atoms with Gasteiger partial charge in [0.2, 0.25) is 10.0 Å². The number of rotatable bonds is 6. The summed E-state index contributed by atoms with van der Waals surface area (Å²) in [6.07, 6.45) is 0. The minimum atomic E-state index is -3.85. The smallest absolute Gasteiger partial charge is 0.289 e. The van der Waals surface area contributed by atoms with Crippen molar-refractivity contribution in [1.82, 2.24) is 20.6 Å². The van der Waals surface area contributed by atoms with Gasteiger partial charge in [0.15, 0.2) is 5.13 Å². The second kappa shape index (κ2) is 9.31. The number of nitrogens with one attached hydrogen (secondary N) is 3. The van der Waals surface area contributed by atoms with Gasteiger partial charge in [0.1, 0.15) is 5.69 Å². The van der Waals surface area contributed by atoms with Crippen LogP contribution in [-0.2, 0) is 19.6 Å². The summed E-state index contributed by atoms with van der Waals surface area (Å²) >= 11 is 1.32. The molecule has 0 bridgehead atoms. The van der Waals surface area contributed by atoms with Crippen LogP contribution in [0, 0.1) is 0 Å². The first kappa shape index (κ1) is 21.2. The third kappa shape index (κ3) is 5.50. The summed E-state index contributed by atoms with van der Waals surface area (Å²) in [6, 6.07) is 6.59. The number of ether oxygens (including phenoxy) is 1. The molecule has 0 saturated carbocycles. The molecule has 2 aromatic rings. The lowest BCUT2D eigenvalue weighted by atomic mass is 10.3. The van der Waals surface area contributed by atoms with Gasteiger partial charge in [-0.25, -0.2) is 13.4 Å². The maximum absolute atomic E-state index is 12.3. The van der Waals surface area contributed by atoms with Gasteiger partial charge in [-0.1, -0.05) is 18.2 Å². The zero-order valence-electron chi connectivity index (χ0n) is 15.6. The van der Waals surface area contributed by atoms with Crippen LogP contribution in [0.15, 0.2) is 40.6 Å². The number of hydrogen-bond donors (Lipinski definition) is 3. The number of morpholine rings is 1. The number of hydrogen-bond acceptors (Lipinski definition) is 8. The fraction of sp³-hybridized carbons (Fsp3) is 0.353. The van der Waals surface area contributed by atoms with E-state index in [2.05, 4.69) is 20.6 Å². The summed E-state index contributed by atoms with van der Waals surface area (Å²) in [6.45, 7) is 3.98. The SMILES string of the molecule is CC(NS(=O)(=O)c1ccccc1)C(=O)NNC(=O)c1csc(N2CCOCC2)n1. The molecule has 2 amide bonds. The number of hydrazine groups is 1. The standard InChI is InChI=1S/C17H21N5O5S2/c1-12(21-29(25,26)13-5-3-2-4-6-13)15(23)19-20-16(24)14-11-28-17(18-14)22-7-9-27-10-8-22/h2-6,11-12,21H,7-10H2,1H3,(H,19,23)(H,20,24). The van der Waals surface area contributed by atoms with Gasteiger partial charge in [-0.15, -0.1) is 11.3 Å². The van der Waals surface area contributed by atoms with Gasteiger partial charge >= 0.3 is 0 Å². The number of aromatic nitrogens is 1. The van der Waals surface area contributed by atoms with Crippen LogP contribution in [0.1, 0.15) is 17.4 Å². The van der Waals surface area contributed by atoms with Crippen molar-refractivity contribution in [3.63, 3.8) is 0 Å². The fourth-order valence-electron chi connectivity index (χ4n) is 2.51. The number of amides is 2. The highest BCUT2D eigenvalue weighted by atomic mass is 32.2. The first-order valence-corrected chi connectivity index (χ1v) is 11.2. The molecule has 3 rings (SSSR count). The number of carbonyl (C=O) groups is 2. The molecule has 0 spiro atoms. The lowest BCUT2D eigenvalue weighted by molar-refractivity contribution is -0.123. The van der Waals surface area contributed by atoms with Crippen LogP contribution in [0.5, 0.6) is 0 Å². The predicted octanol–water partition coefficient (Wildman–Crippen LogP) is 0.108. The van der Waals surface area contributed by atoms with Gasteiger partial charge in [-0.3, -0.25) is 20.4 Å². The molecule has 1 aromatic heterocycles. The van der Waals surface area contributed by atoms with E-state index in [0.717, 1.165) is 0 Å². The van der Waals surface area contributed by atoms with E-state index in [-0.39, 0.29) is 10.6 Å². The van der Waals surface area contributed by atoms with E-state index in [9.17, 15) is 18.0 Å². The Bertz CT molecular complexity index is 958. The topological polar surface area (TPSA) is 130 Å². The highest BCUT2D eigenvalue weighted by molar-refractivity contribution is 7.89. The average molecular weight is 440 g/mol. The molecule has 3 N–H and O–H groups in total. The summed E-state index contributed by atoms with van der Waals surface area (Å²) in [5.74, 6) is -1.30. The van der Waals surface area contributed by atoms with Crippen LogP contribution in [0.2, 0.25) is 0 Å². The molecule has 1 saturated heterocycles. The third-order valence-electron chi connectivity index (χ3n) is 4.08. The van der Waals surface area contributed by atoms with Crippen LogP contribution in [-0.4, -0.2) is 57.6 Å². The Morgan fingerprint density at radius 3 is 2.55 bits per heavy atom. The first-order chi connectivity index (χ1) is 13.9. The Morgan fingerprint density at radius 2 is 1.86 bits per heavy atom. The van der Waals surface area contributed by atoms with E-state index in [1.807, 2.05) is 4.90 Å². The molecule has 12 heteroatoms. The molecule has 1 atom stereocenters. The van der Waals surface area contributed by atoms with Crippen LogP contribution in [0.4, 0.5) is 5.13 Å². The Hall–Kier alpha value is -2.54. The molecule has 10 nitrogen and oxygen atoms in total. The molecular formula is C17H21N5O5S2. The molecular weight excluding hydrogens is 418 g/mol. The highest BCUT2D eigenvalue weighted by Crippen LogP contribution is 2.21. The number of carbonyl (C=O) groups excluding carboxylic acids is 2. The van der Waals surface area contributed by atoms with E-state index in [1.165, 1.54) is 30.4 Å². The van der Waals surface area contributed by atoms with Gasteiger partial charge < -0.3 is 9.64 Å². The summed E-state index contributed by atoms with van der Waals surface area (Å²) < 4.78 is 32.1. The summed E-state index contributed by atoms with van der Waals surface area (Å²) in [5.41, 5.74) is 4.62. The van der Waals surface area contributed by atoms with E-state index in [1.54, 1.807) is 23.6 Å². The summed E-state index contributed by atoms with van der Waals surface area (Å²) in [4.78, 5) is 30.7. The summed E-state index contributed by atoms with van der Waals surface area (Å²) in [7, 11) is -3.85. The van der Waals surface area contributed by atoms with E-state index >= 15 is 0 Å². The molecule has 1 aliphatic rings. The van der Waals surface area contributed by atoms with Gasteiger partial charge in [0.05, 0.1) is 24.2 Å². The number of anilines is 1. The van der Waals surface area contributed by atoms with Gasteiger partial charge in [-0.2, -0.15) is 4.72 Å². The first-order valence-electron chi connectivity index (χ1n) is 8.82. The van der Waals surface area contributed by atoms with E-state index in [0.29, 0.717) is 31.4 Å². The van der Waals surface area contributed by atoms with Crippen molar-refractivity contribution in [1.29, 1.82) is 0 Å². The predicted molar refractivity (Wildman–Crippen MR) is 107 cm³/mol. The minimum Gasteiger partial charge on any atom is -0.378 e. The molecule has 1 aliphatic heterocycles. The lowest BCUT2D eigenvalue weighted by Gasteiger charge is -2.25. The van der Waals surface area contributed by atoms with Crippen molar-refractivity contribution in [2.45, 2.75) is 17.9 Å². The molecule has 29 heavy (non-hydrogen) atoms. The van der Waals surface area contributed by atoms with Crippen molar-refractivity contribution in [2.24, 2.45) is 0 Å². The molecule has 156 valence electrons. The highest BCUT2D eigenvalue weighted by Gasteiger charge is 2.23. The largest absolute Gasteiger partial charge is 0.378 e. The van der Waals surface area contributed by atoms with Gasteiger partial charge in [-0.05, 0) is 19.1 Å². The van der Waals surface area contributed by atoms with E-state index in [4.69, 9.17) is 4.74 Å². The normalized spacial score (nSPS) is 15.6. The molecule has 1 aromatic carbocycles. The minimum absolute atomic E-state index is 0.0433. The summed E-state index contributed by atoms with van der Waals surface area (Å²) in [5, 5.41) is 2.29. The lowest BCUT2D eigenvalue weighted by Crippen LogP contribution is -2.51. The second-order valence-electron chi connectivity index (χ2n) is 6.21. The van der Waals surface area contributed by atoms with Crippen LogP contribution >= 0.6 is 11.3 Å². The third-order valence-corrected chi connectivity index (χ3v) is 6.54. The molecule has 1 unspecified atom stereocenters. The van der Waals surface area contributed by atoms with Crippen molar-refractivity contribution in [3.05, 3.63) is 41.4 Å². The average Bonchev–Trinajstić information content (AvgIpc) is 3.23. The number of sulfonamides is 1. The monoisotopic (exact) mass is 439 g/mol. The second-order valence-corrected chi connectivity index (χ2v) is 8.76. The van der Waals surface area contributed by atoms with Crippen molar-refractivity contribution in [2.75, 3.05) is 31.2 Å². The number of nitrogens with zero attached hydrogens (tertiary/aromatic N) is 2. The van der Waals surface area contributed by atoms with Crippen LogP contribution in [0.3, 0.4) is 0 Å². The molecule has 1 fully saturated rings. The van der Waals surface area contributed by atoms with Crippen molar-refractivity contribution < 1.29 is 22.7 Å². The van der Waals surface area contributed by atoms with E-state index < -0.39 is 27.9 Å². The van der Waals surface area contributed by atoms with Crippen LogP contribution < -0.4 is 20.5 Å². The zero-order chi connectivity index (χ0) is 20.9. The number of thiazole rings is 1. The Balaban J connectivity index is 1.52. The maximum Gasteiger partial charge on any atom is 0.289 e. The van der Waals surface area contributed by atoms with Crippen LogP contribution in [0.25, 0.3) is 0 Å². The molecule has 0 aliphatic carbocycles. The molecule has 2 heterocycles. The quantitative estimate of drug-likeness (QED) is 0.545. The Labute approximate surface area is 172 Å².